The molecular formula is C21H31ClN4O2. The van der Waals surface area contributed by atoms with Crippen molar-refractivity contribution in [1.82, 2.24) is 20.4 Å². The third kappa shape index (κ3) is 5.49. The summed E-state index contributed by atoms with van der Waals surface area (Å²) in [5, 5.41) is 10.8. The summed E-state index contributed by atoms with van der Waals surface area (Å²) in [6.45, 7) is 8.48. The van der Waals surface area contributed by atoms with E-state index in [4.69, 9.17) is 4.74 Å². The van der Waals surface area contributed by atoms with E-state index in [-0.39, 0.29) is 36.2 Å². The lowest BCUT2D eigenvalue weighted by Crippen LogP contribution is -2.35. The second-order valence-electron chi connectivity index (χ2n) is 7.82. The van der Waals surface area contributed by atoms with Crippen LogP contribution in [0.25, 0.3) is 0 Å². The van der Waals surface area contributed by atoms with Crippen LogP contribution in [0.4, 0.5) is 0 Å². The average molecular weight is 407 g/mol. The number of hydrogen-bond acceptors (Lipinski definition) is 4. The normalized spacial score (nSPS) is 19.9. The van der Waals surface area contributed by atoms with Crippen LogP contribution in [-0.4, -0.2) is 35.4 Å². The van der Waals surface area contributed by atoms with Crippen LogP contribution in [0.2, 0.25) is 0 Å². The number of aromatic nitrogens is 2. The smallest absolute Gasteiger partial charge is 0.225 e. The Hall–Kier alpha value is -2.05. The van der Waals surface area contributed by atoms with Gasteiger partial charge in [0.2, 0.25) is 5.91 Å². The van der Waals surface area contributed by atoms with Crippen molar-refractivity contribution in [3.8, 4) is 5.75 Å². The summed E-state index contributed by atoms with van der Waals surface area (Å²) in [5.74, 6) is 1.53. The largest absolute Gasteiger partial charge is 0.493 e. The summed E-state index contributed by atoms with van der Waals surface area (Å²) in [6.07, 6.45) is 3.86. The Morgan fingerprint density at radius 3 is 2.61 bits per heavy atom. The third-order valence-electron chi connectivity index (χ3n) is 5.03. The standard InChI is InChI=1S/C21H30N4O2.ClH/c1-14(2)13-27-18-7-5-16(6-8-18)15(3)24-21(26)20-11-22-10-19(20)17-9-23-25(4)12-17;/h5-9,12,14-15,19-20,22H,10-11,13H2,1-4H3,(H,24,26);1H/t15?,19-,20+;/m1./s1. The topological polar surface area (TPSA) is 68.2 Å². The van der Waals surface area contributed by atoms with Crippen LogP contribution < -0.4 is 15.4 Å². The average Bonchev–Trinajstić information content (AvgIpc) is 3.29. The Morgan fingerprint density at radius 2 is 2.00 bits per heavy atom. The van der Waals surface area contributed by atoms with Gasteiger partial charge in [0, 0.05) is 32.3 Å². The molecular weight excluding hydrogens is 376 g/mol. The van der Waals surface area contributed by atoms with Crippen molar-refractivity contribution >= 4 is 18.3 Å². The first-order chi connectivity index (χ1) is 12.9. The van der Waals surface area contributed by atoms with Crippen LogP contribution in [0.5, 0.6) is 5.75 Å². The SMILES string of the molecule is CC(C)COc1ccc(C(C)NC(=O)[C@H]2CNC[C@@H]2c2cnn(C)c2)cc1.Cl. The number of halogens is 1. The number of carbonyl (C=O) groups excluding carboxylic acids is 1. The second kappa shape index (κ2) is 9.94. The monoisotopic (exact) mass is 406 g/mol. The fourth-order valence-corrected chi connectivity index (χ4v) is 3.46. The van der Waals surface area contributed by atoms with Crippen molar-refractivity contribution in [3.63, 3.8) is 0 Å². The molecule has 1 unspecified atom stereocenters. The first kappa shape index (κ1) is 22.2. The van der Waals surface area contributed by atoms with Gasteiger partial charge in [-0.25, -0.2) is 0 Å². The van der Waals surface area contributed by atoms with Gasteiger partial charge in [0.15, 0.2) is 0 Å². The molecule has 1 saturated heterocycles. The molecule has 0 aliphatic carbocycles. The molecule has 1 fully saturated rings. The molecule has 154 valence electrons. The maximum atomic E-state index is 12.9. The van der Waals surface area contributed by atoms with E-state index in [9.17, 15) is 4.79 Å². The van der Waals surface area contributed by atoms with Crippen LogP contribution >= 0.6 is 12.4 Å². The first-order valence-corrected chi connectivity index (χ1v) is 9.66. The molecule has 7 heteroatoms. The molecule has 28 heavy (non-hydrogen) atoms. The summed E-state index contributed by atoms with van der Waals surface area (Å²) in [6, 6.07) is 7.93. The number of benzene rings is 1. The highest BCUT2D eigenvalue weighted by molar-refractivity contribution is 5.85. The van der Waals surface area contributed by atoms with Crippen LogP contribution in [-0.2, 0) is 11.8 Å². The molecule has 0 saturated carbocycles. The number of nitrogens with zero attached hydrogens (tertiary/aromatic N) is 2. The summed E-state index contributed by atoms with van der Waals surface area (Å²) in [5.41, 5.74) is 2.19. The highest BCUT2D eigenvalue weighted by Crippen LogP contribution is 2.29. The Bertz CT molecular complexity index is 760. The van der Waals surface area contributed by atoms with E-state index in [1.165, 1.54) is 0 Å². The van der Waals surface area contributed by atoms with Gasteiger partial charge in [0.05, 0.1) is 24.8 Å². The fraction of sp³-hybridized carbons (Fsp3) is 0.524. The zero-order valence-electron chi connectivity index (χ0n) is 17.0. The van der Waals surface area contributed by atoms with Crippen LogP contribution in [0.15, 0.2) is 36.7 Å². The minimum atomic E-state index is -0.0784. The van der Waals surface area contributed by atoms with Gasteiger partial charge in [-0.2, -0.15) is 5.10 Å². The van der Waals surface area contributed by atoms with Crippen LogP contribution in [0, 0.1) is 11.8 Å². The lowest BCUT2D eigenvalue weighted by molar-refractivity contribution is -0.125. The molecule has 0 bridgehead atoms. The number of carbonyl (C=O) groups is 1. The van der Waals surface area contributed by atoms with E-state index in [1.807, 2.05) is 50.6 Å². The number of amides is 1. The Kier molecular flexibility index (Phi) is 7.89. The van der Waals surface area contributed by atoms with Crippen molar-refractivity contribution < 1.29 is 9.53 Å². The molecule has 2 aromatic rings. The van der Waals surface area contributed by atoms with Crippen molar-refractivity contribution in [2.75, 3.05) is 19.7 Å². The van der Waals surface area contributed by atoms with Gasteiger partial charge in [0.1, 0.15) is 5.75 Å². The third-order valence-corrected chi connectivity index (χ3v) is 5.03. The lowest BCUT2D eigenvalue weighted by atomic mass is 9.90. The Labute approximate surface area is 173 Å². The summed E-state index contributed by atoms with van der Waals surface area (Å²) < 4.78 is 7.51. The number of rotatable bonds is 7. The zero-order valence-corrected chi connectivity index (χ0v) is 17.8. The molecule has 2 N–H and O–H groups in total. The minimum absolute atomic E-state index is 0. The highest BCUT2D eigenvalue weighted by Gasteiger charge is 2.35. The molecule has 3 atom stereocenters. The molecule has 1 aromatic heterocycles. The predicted octanol–water partition coefficient (Wildman–Crippen LogP) is 3.06. The quantitative estimate of drug-likeness (QED) is 0.741. The number of nitrogens with one attached hydrogen (secondary N) is 2. The number of ether oxygens (including phenoxy) is 1. The molecule has 6 nitrogen and oxygen atoms in total. The van der Waals surface area contributed by atoms with Gasteiger partial charge in [0.25, 0.3) is 0 Å². The number of aryl methyl sites for hydroxylation is 1. The Morgan fingerprint density at radius 1 is 1.29 bits per heavy atom. The van der Waals surface area contributed by atoms with E-state index in [2.05, 4.69) is 29.6 Å². The van der Waals surface area contributed by atoms with Crippen LogP contribution in [0.1, 0.15) is 43.9 Å². The van der Waals surface area contributed by atoms with Crippen molar-refractivity contribution in [2.24, 2.45) is 18.9 Å². The van der Waals surface area contributed by atoms with Crippen molar-refractivity contribution in [2.45, 2.75) is 32.7 Å². The van der Waals surface area contributed by atoms with E-state index in [0.717, 1.165) is 23.4 Å². The molecule has 0 spiro atoms. The van der Waals surface area contributed by atoms with Gasteiger partial charge < -0.3 is 15.4 Å². The first-order valence-electron chi connectivity index (χ1n) is 9.66. The van der Waals surface area contributed by atoms with Crippen molar-refractivity contribution in [1.29, 1.82) is 0 Å². The van der Waals surface area contributed by atoms with Crippen molar-refractivity contribution in [3.05, 3.63) is 47.8 Å². The molecule has 1 aliphatic rings. The van der Waals surface area contributed by atoms with E-state index >= 15 is 0 Å². The number of hydrogen-bond donors (Lipinski definition) is 2. The molecule has 1 amide bonds. The van der Waals surface area contributed by atoms with E-state index in [1.54, 1.807) is 4.68 Å². The predicted molar refractivity (Wildman–Crippen MR) is 113 cm³/mol. The maximum absolute atomic E-state index is 12.9. The molecule has 3 rings (SSSR count). The van der Waals surface area contributed by atoms with Gasteiger partial charge in [-0.05, 0) is 36.1 Å². The highest BCUT2D eigenvalue weighted by atomic mass is 35.5. The van der Waals surface area contributed by atoms with Crippen LogP contribution in [0.3, 0.4) is 0 Å². The zero-order chi connectivity index (χ0) is 19.4. The van der Waals surface area contributed by atoms with Gasteiger partial charge in [-0.3, -0.25) is 9.48 Å². The van der Waals surface area contributed by atoms with Gasteiger partial charge >= 0.3 is 0 Å². The summed E-state index contributed by atoms with van der Waals surface area (Å²) >= 11 is 0. The summed E-state index contributed by atoms with van der Waals surface area (Å²) in [4.78, 5) is 12.9. The summed E-state index contributed by atoms with van der Waals surface area (Å²) in [7, 11) is 1.90. The van der Waals surface area contributed by atoms with Gasteiger partial charge in [-0.15, -0.1) is 12.4 Å². The molecule has 2 heterocycles. The molecule has 1 aliphatic heterocycles. The Balaban J connectivity index is 0.00000280. The molecule has 1 aromatic carbocycles. The maximum Gasteiger partial charge on any atom is 0.225 e. The lowest BCUT2D eigenvalue weighted by Gasteiger charge is -2.21. The minimum Gasteiger partial charge on any atom is -0.493 e. The molecule has 0 radical (unpaired) electrons. The van der Waals surface area contributed by atoms with E-state index < -0.39 is 0 Å². The fourth-order valence-electron chi connectivity index (χ4n) is 3.46. The van der Waals surface area contributed by atoms with Gasteiger partial charge in [-0.1, -0.05) is 26.0 Å². The second-order valence-corrected chi connectivity index (χ2v) is 7.82. The van der Waals surface area contributed by atoms with E-state index in [0.29, 0.717) is 19.1 Å².